The van der Waals surface area contributed by atoms with Crippen LogP contribution < -0.4 is 4.74 Å². The van der Waals surface area contributed by atoms with Crippen LogP contribution in [0.25, 0.3) is 11.4 Å². The van der Waals surface area contributed by atoms with Gasteiger partial charge in [-0.25, -0.2) is 4.39 Å². The first-order valence-electron chi connectivity index (χ1n) is 9.01. The van der Waals surface area contributed by atoms with E-state index >= 15 is 0 Å². The maximum atomic E-state index is 13.8. The summed E-state index contributed by atoms with van der Waals surface area (Å²) in [6.07, 6.45) is 0. The van der Waals surface area contributed by atoms with E-state index in [9.17, 15) is 9.18 Å². The van der Waals surface area contributed by atoms with Crippen molar-refractivity contribution >= 4 is 33.2 Å². The molecule has 1 aromatic carbocycles. The normalized spacial score (nSPS) is 14.9. The number of hydrogen-bond donors (Lipinski definition) is 0. The highest BCUT2D eigenvalue weighted by Gasteiger charge is 2.23. The van der Waals surface area contributed by atoms with Crippen LogP contribution in [0.5, 0.6) is 5.75 Å². The van der Waals surface area contributed by atoms with E-state index in [1.165, 1.54) is 12.1 Å². The number of thiophene rings is 1. The van der Waals surface area contributed by atoms with Crippen molar-refractivity contribution in [2.24, 2.45) is 0 Å². The molecule has 3 heterocycles. The summed E-state index contributed by atoms with van der Waals surface area (Å²) in [6, 6.07) is 6.42. The average Bonchev–Trinajstić information content (AvgIpc) is 3.39. The molecule has 0 aliphatic carbocycles. The van der Waals surface area contributed by atoms with Crippen LogP contribution in [0.1, 0.15) is 5.89 Å². The molecule has 3 aromatic rings. The quantitative estimate of drug-likeness (QED) is 0.538. The van der Waals surface area contributed by atoms with Gasteiger partial charge < -0.3 is 14.2 Å². The largest absolute Gasteiger partial charge is 0.481 e. The molecule has 0 atom stereocenters. The fraction of sp³-hybridized carbons (Fsp3) is 0.316. The van der Waals surface area contributed by atoms with Crippen molar-refractivity contribution in [1.29, 1.82) is 0 Å². The lowest BCUT2D eigenvalue weighted by atomic mass is 10.3. The number of aromatic nitrogens is 2. The van der Waals surface area contributed by atoms with Gasteiger partial charge in [-0.15, -0.1) is 0 Å². The Hall–Kier alpha value is -2.30. The highest BCUT2D eigenvalue weighted by Crippen LogP contribution is 2.22. The number of piperazine rings is 1. The number of benzene rings is 1. The summed E-state index contributed by atoms with van der Waals surface area (Å²) in [5, 5.41) is 7.95. The second kappa shape index (κ2) is 9.02. The van der Waals surface area contributed by atoms with E-state index in [2.05, 4.69) is 31.0 Å². The minimum atomic E-state index is -0.502. The zero-order chi connectivity index (χ0) is 20.2. The van der Waals surface area contributed by atoms with Crippen LogP contribution in [0.4, 0.5) is 4.39 Å². The average molecular weight is 481 g/mol. The Morgan fingerprint density at radius 2 is 2.10 bits per heavy atom. The Balaban J connectivity index is 1.24. The van der Waals surface area contributed by atoms with Gasteiger partial charge >= 0.3 is 0 Å². The molecule has 1 saturated heterocycles. The van der Waals surface area contributed by atoms with E-state index in [0.717, 1.165) is 5.56 Å². The van der Waals surface area contributed by atoms with Crippen LogP contribution in [-0.2, 0) is 11.3 Å². The van der Waals surface area contributed by atoms with Gasteiger partial charge in [-0.3, -0.25) is 9.69 Å². The highest BCUT2D eigenvalue weighted by molar-refractivity contribution is 9.10. The van der Waals surface area contributed by atoms with Crippen LogP contribution in [-0.4, -0.2) is 58.6 Å². The Kier molecular flexibility index (Phi) is 6.22. The molecular formula is C19H18BrFN4O3S. The van der Waals surface area contributed by atoms with Gasteiger partial charge in [-0.2, -0.15) is 16.3 Å². The van der Waals surface area contributed by atoms with E-state index in [1.54, 1.807) is 22.3 Å². The monoisotopic (exact) mass is 480 g/mol. The minimum Gasteiger partial charge on any atom is -0.481 e. The lowest BCUT2D eigenvalue weighted by Crippen LogP contribution is -2.49. The maximum Gasteiger partial charge on any atom is 0.260 e. The lowest BCUT2D eigenvalue weighted by molar-refractivity contribution is -0.135. The van der Waals surface area contributed by atoms with Gasteiger partial charge in [0.25, 0.3) is 5.91 Å². The van der Waals surface area contributed by atoms with Crippen molar-refractivity contribution in [3.8, 4) is 17.1 Å². The van der Waals surface area contributed by atoms with E-state index in [-0.39, 0.29) is 18.3 Å². The first-order valence-corrected chi connectivity index (χ1v) is 10.8. The number of amides is 1. The molecule has 2 aromatic heterocycles. The van der Waals surface area contributed by atoms with Crippen LogP contribution in [0.2, 0.25) is 0 Å². The van der Waals surface area contributed by atoms with Gasteiger partial charge in [0.1, 0.15) is 0 Å². The molecule has 0 radical (unpaired) electrons. The molecule has 0 bridgehead atoms. The second-order valence-electron chi connectivity index (χ2n) is 6.54. The number of carbonyl (C=O) groups excluding carboxylic acids is 1. The Bertz CT molecular complexity index is 974. The first kappa shape index (κ1) is 20.0. The summed E-state index contributed by atoms with van der Waals surface area (Å²) in [6.45, 7) is 2.86. The fourth-order valence-electron chi connectivity index (χ4n) is 3.00. The van der Waals surface area contributed by atoms with Crippen molar-refractivity contribution in [2.75, 3.05) is 32.8 Å². The molecule has 1 amide bonds. The van der Waals surface area contributed by atoms with E-state index in [0.29, 0.717) is 48.9 Å². The molecule has 0 N–H and O–H groups in total. The lowest BCUT2D eigenvalue weighted by Gasteiger charge is -2.33. The molecule has 7 nitrogen and oxygen atoms in total. The van der Waals surface area contributed by atoms with E-state index in [4.69, 9.17) is 9.26 Å². The zero-order valence-corrected chi connectivity index (χ0v) is 17.8. The van der Waals surface area contributed by atoms with Gasteiger partial charge in [0.2, 0.25) is 11.7 Å². The number of halogens is 2. The van der Waals surface area contributed by atoms with E-state index in [1.807, 2.05) is 16.8 Å². The maximum absolute atomic E-state index is 13.8. The predicted octanol–water partition coefficient (Wildman–Crippen LogP) is 3.42. The summed E-state index contributed by atoms with van der Waals surface area (Å²) in [7, 11) is 0. The molecule has 1 fully saturated rings. The van der Waals surface area contributed by atoms with Crippen LogP contribution in [0.15, 0.2) is 44.0 Å². The zero-order valence-electron chi connectivity index (χ0n) is 15.4. The Morgan fingerprint density at radius 3 is 2.83 bits per heavy atom. The third-order valence-electron chi connectivity index (χ3n) is 4.58. The van der Waals surface area contributed by atoms with Crippen molar-refractivity contribution in [3.63, 3.8) is 0 Å². The third-order valence-corrected chi connectivity index (χ3v) is 5.75. The van der Waals surface area contributed by atoms with Crippen molar-refractivity contribution in [2.45, 2.75) is 6.54 Å². The Labute approximate surface area is 179 Å². The summed E-state index contributed by atoms with van der Waals surface area (Å²) in [5.41, 5.74) is 0.947. The molecule has 0 saturated carbocycles. The molecule has 10 heteroatoms. The molecule has 0 unspecified atom stereocenters. The topological polar surface area (TPSA) is 71.7 Å². The summed E-state index contributed by atoms with van der Waals surface area (Å²) in [5.74, 6) is 0.549. The number of ether oxygens (including phenoxy) is 1. The highest BCUT2D eigenvalue weighted by atomic mass is 79.9. The molecule has 1 aliphatic rings. The summed E-state index contributed by atoms with van der Waals surface area (Å²) < 4.78 is 25.1. The standard InChI is InChI=1S/C19H18BrFN4O3S/c20-14-1-2-16(15(21)9-14)27-11-18(26)25-6-4-24(5-7-25)10-17-22-19(23-28-17)13-3-8-29-12-13/h1-3,8-9,12H,4-7,10-11H2. The number of nitrogens with zero attached hydrogens (tertiary/aromatic N) is 4. The number of carbonyl (C=O) groups is 1. The number of rotatable bonds is 6. The Morgan fingerprint density at radius 1 is 1.28 bits per heavy atom. The second-order valence-corrected chi connectivity index (χ2v) is 8.24. The van der Waals surface area contributed by atoms with E-state index < -0.39 is 5.82 Å². The van der Waals surface area contributed by atoms with Crippen molar-refractivity contribution in [3.05, 3.63) is 51.2 Å². The molecule has 152 valence electrons. The van der Waals surface area contributed by atoms with Gasteiger partial charge in [0.05, 0.1) is 6.54 Å². The fourth-order valence-corrected chi connectivity index (χ4v) is 3.97. The number of hydrogen-bond acceptors (Lipinski definition) is 7. The molecule has 29 heavy (non-hydrogen) atoms. The van der Waals surface area contributed by atoms with Gasteiger partial charge in [0.15, 0.2) is 18.2 Å². The first-order chi connectivity index (χ1) is 14.1. The van der Waals surface area contributed by atoms with Crippen LogP contribution in [0.3, 0.4) is 0 Å². The molecular weight excluding hydrogens is 463 g/mol. The molecule has 1 aliphatic heterocycles. The van der Waals surface area contributed by atoms with Gasteiger partial charge in [-0.05, 0) is 29.6 Å². The SMILES string of the molecule is O=C(COc1ccc(Br)cc1F)N1CCN(Cc2nc(-c3ccsc3)no2)CC1. The summed E-state index contributed by atoms with van der Waals surface area (Å²) >= 11 is 4.77. The predicted molar refractivity (Wildman–Crippen MR) is 109 cm³/mol. The third kappa shape index (κ3) is 5.01. The minimum absolute atomic E-state index is 0.0676. The van der Waals surface area contributed by atoms with Crippen molar-refractivity contribution in [1.82, 2.24) is 19.9 Å². The summed E-state index contributed by atoms with van der Waals surface area (Å²) in [4.78, 5) is 20.7. The van der Waals surface area contributed by atoms with Gasteiger partial charge in [-0.1, -0.05) is 21.1 Å². The van der Waals surface area contributed by atoms with Gasteiger partial charge in [0, 0.05) is 41.6 Å². The van der Waals surface area contributed by atoms with Crippen molar-refractivity contribution < 1.29 is 18.4 Å². The smallest absolute Gasteiger partial charge is 0.260 e. The molecule has 0 spiro atoms. The van der Waals surface area contributed by atoms with Crippen LogP contribution >= 0.6 is 27.3 Å². The molecule has 4 rings (SSSR count). The van der Waals surface area contributed by atoms with Crippen LogP contribution in [0, 0.1) is 5.82 Å².